The zero-order valence-corrected chi connectivity index (χ0v) is 25.7. The lowest BCUT2D eigenvalue weighted by Gasteiger charge is -2.33. The zero-order valence-electron chi connectivity index (χ0n) is 25.7. The van der Waals surface area contributed by atoms with Gasteiger partial charge in [0, 0.05) is 52.6 Å². The monoisotopic (exact) mass is 542 g/mol. The van der Waals surface area contributed by atoms with Crippen LogP contribution in [-0.4, -0.2) is 99.6 Å². The van der Waals surface area contributed by atoms with Crippen molar-refractivity contribution in [2.24, 2.45) is 23.7 Å². The van der Waals surface area contributed by atoms with E-state index in [1.807, 2.05) is 9.80 Å². The molecule has 1 heterocycles. The minimum atomic E-state index is -0.503. The minimum Gasteiger partial charge on any atom is -0.379 e. The van der Waals surface area contributed by atoms with Crippen molar-refractivity contribution in [2.45, 2.75) is 93.3 Å². The molecule has 1 fully saturated rings. The maximum absolute atomic E-state index is 13.6. The highest BCUT2D eigenvalue weighted by Gasteiger charge is 2.32. The molecule has 8 heteroatoms. The molecule has 1 aliphatic heterocycles. The van der Waals surface area contributed by atoms with E-state index in [9.17, 15) is 9.59 Å². The van der Waals surface area contributed by atoms with Gasteiger partial charge in [-0.2, -0.15) is 0 Å². The molecule has 0 aromatic heterocycles. The topological polar surface area (TPSA) is 77.5 Å². The molecule has 2 amide bonds. The summed E-state index contributed by atoms with van der Waals surface area (Å²) in [6.45, 7) is 23.0. The lowest BCUT2D eigenvalue weighted by molar-refractivity contribution is -0.148. The molecular weight excluding hydrogens is 484 g/mol. The summed E-state index contributed by atoms with van der Waals surface area (Å²) < 4.78 is 23.9. The Labute approximate surface area is 233 Å². The second-order valence-corrected chi connectivity index (χ2v) is 12.3. The third-order valence-corrected chi connectivity index (χ3v) is 6.12. The van der Waals surface area contributed by atoms with Crippen LogP contribution in [0.25, 0.3) is 0 Å². The van der Waals surface area contributed by atoms with Gasteiger partial charge in [0.25, 0.3) is 0 Å². The van der Waals surface area contributed by atoms with Gasteiger partial charge in [-0.15, -0.1) is 0 Å². The van der Waals surface area contributed by atoms with Crippen molar-refractivity contribution in [1.29, 1.82) is 0 Å². The number of carbonyl (C=O) groups is 2. The van der Waals surface area contributed by atoms with E-state index in [1.54, 1.807) is 0 Å². The molecule has 0 radical (unpaired) electrons. The molecule has 1 saturated heterocycles. The Hall–Kier alpha value is -1.22. The maximum Gasteiger partial charge on any atom is 0.225 e. The Morgan fingerprint density at radius 3 is 1.16 bits per heavy atom. The van der Waals surface area contributed by atoms with Gasteiger partial charge in [0.2, 0.25) is 11.8 Å². The van der Waals surface area contributed by atoms with Crippen molar-refractivity contribution in [1.82, 2.24) is 9.80 Å². The van der Waals surface area contributed by atoms with Crippen molar-refractivity contribution in [3.8, 4) is 0 Å². The highest BCUT2D eigenvalue weighted by atomic mass is 16.5. The van der Waals surface area contributed by atoms with E-state index in [-0.39, 0.29) is 24.7 Å². The van der Waals surface area contributed by atoms with Crippen LogP contribution in [-0.2, 0) is 28.5 Å². The van der Waals surface area contributed by atoms with E-state index >= 15 is 0 Å². The largest absolute Gasteiger partial charge is 0.379 e. The molecule has 1 aliphatic rings. The Kier molecular flexibility index (Phi) is 18.1. The number of carbonyl (C=O) groups excluding carboxylic acids is 2. The van der Waals surface area contributed by atoms with Crippen LogP contribution in [0.5, 0.6) is 0 Å². The summed E-state index contributed by atoms with van der Waals surface area (Å²) in [6, 6.07) is 0. The fraction of sp³-hybridized carbons (Fsp3) is 0.933. The first-order valence-corrected chi connectivity index (χ1v) is 14.9. The van der Waals surface area contributed by atoms with Crippen LogP contribution in [0, 0.1) is 23.7 Å². The summed E-state index contributed by atoms with van der Waals surface area (Å²) in [6.07, 6.45) is 0.806. The number of ether oxygens (including phenoxy) is 4. The number of hydrogen-bond donors (Lipinski definition) is 0. The molecule has 224 valence electrons. The van der Waals surface area contributed by atoms with E-state index in [2.05, 4.69) is 55.4 Å². The second-order valence-electron chi connectivity index (χ2n) is 12.3. The molecule has 2 unspecified atom stereocenters. The first-order valence-electron chi connectivity index (χ1n) is 14.9. The van der Waals surface area contributed by atoms with Crippen molar-refractivity contribution in [3.63, 3.8) is 0 Å². The normalized spacial score (nSPS) is 20.6. The summed E-state index contributed by atoms with van der Waals surface area (Å²) in [5.74, 6) is 1.59. The molecule has 0 aliphatic carbocycles. The van der Waals surface area contributed by atoms with Crippen LogP contribution in [0.1, 0.15) is 81.1 Å². The van der Waals surface area contributed by atoms with E-state index in [1.165, 1.54) is 0 Å². The van der Waals surface area contributed by atoms with Gasteiger partial charge in [0.1, 0.15) is 0 Å². The van der Waals surface area contributed by atoms with Crippen molar-refractivity contribution in [2.75, 3.05) is 65.8 Å². The van der Waals surface area contributed by atoms with Crippen molar-refractivity contribution < 1.29 is 28.5 Å². The minimum absolute atomic E-state index is 0.0559. The van der Waals surface area contributed by atoms with E-state index in [4.69, 9.17) is 18.9 Å². The lowest BCUT2D eigenvalue weighted by Crippen LogP contribution is -2.45. The second kappa shape index (κ2) is 19.8. The third kappa shape index (κ3) is 16.0. The maximum atomic E-state index is 13.6. The van der Waals surface area contributed by atoms with Crippen molar-refractivity contribution in [3.05, 3.63) is 0 Å². The molecule has 2 atom stereocenters. The van der Waals surface area contributed by atoms with Gasteiger partial charge in [-0.1, -0.05) is 55.4 Å². The van der Waals surface area contributed by atoms with Gasteiger partial charge in [-0.3, -0.25) is 9.59 Å². The Morgan fingerprint density at radius 2 is 0.868 bits per heavy atom. The number of hydrogen-bond acceptors (Lipinski definition) is 6. The highest BCUT2D eigenvalue weighted by Crippen LogP contribution is 2.19. The molecule has 0 saturated carbocycles. The van der Waals surface area contributed by atoms with Crippen LogP contribution in [0.4, 0.5) is 0 Å². The van der Waals surface area contributed by atoms with Crippen LogP contribution >= 0.6 is 0 Å². The van der Waals surface area contributed by atoms with Gasteiger partial charge in [0.15, 0.2) is 0 Å². The summed E-state index contributed by atoms with van der Waals surface area (Å²) in [5.41, 5.74) is 0. The van der Waals surface area contributed by atoms with Crippen LogP contribution in [0.3, 0.4) is 0 Å². The SMILES string of the molecule is CC(C)CN(CC(C)C)C(=O)CC1OCCCOCCOCCCOC1CC(=O)N(CC(C)C)CC(C)C. The van der Waals surface area contributed by atoms with E-state index < -0.39 is 12.2 Å². The van der Waals surface area contributed by atoms with Crippen LogP contribution in [0.15, 0.2) is 0 Å². The number of amides is 2. The number of nitrogens with zero attached hydrogens (tertiary/aromatic N) is 2. The fourth-order valence-corrected chi connectivity index (χ4v) is 4.63. The Morgan fingerprint density at radius 1 is 0.553 bits per heavy atom. The summed E-state index contributed by atoms with van der Waals surface area (Å²) in [7, 11) is 0. The molecule has 0 aromatic carbocycles. The molecule has 0 bridgehead atoms. The molecule has 1 rings (SSSR count). The summed E-state index contributed by atoms with van der Waals surface area (Å²) in [4.78, 5) is 31.0. The predicted molar refractivity (Wildman–Crippen MR) is 152 cm³/mol. The molecule has 8 nitrogen and oxygen atoms in total. The summed E-state index contributed by atoms with van der Waals surface area (Å²) >= 11 is 0. The van der Waals surface area contributed by atoms with Crippen LogP contribution < -0.4 is 0 Å². The molecule has 38 heavy (non-hydrogen) atoms. The lowest BCUT2D eigenvalue weighted by atomic mass is 10.0. The average Bonchev–Trinajstić information content (AvgIpc) is 2.80. The molecule has 0 N–H and O–H groups in total. The van der Waals surface area contributed by atoms with Gasteiger partial charge in [-0.25, -0.2) is 0 Å². The Bertz CT molecular complexity index is 566. The predicted octanol–water partition coefficient (Wildman–Crippen LogP) is 4.65. The van der Waals surface area contributed by atoms with Gasteiger partial charge >= 0.3 is 0 Å². The summed E-state index contributed by atoms with van der Waals surface area (Å²) in [5, 5.41) is 0. The molecule has 0 spiro atoms. The van der Waals surface area contributed by atoms with E-state index in [0.29, 0.717) is 102 Å². The fourth-order valence-electron chi connectivity index (χ4n) is 4.63. The van der Waals surface area contributed by atoms with Crippen LogP contribution in [0.2, 0.25) is 0 Å². The first kappa shape index (κ1) is 34.8. The standard InChI is InChI=1S/C30H58N2O6/c1-23(2)19-31(20-24(3)4)29(33)17-27-28(18-30(34)32(21-25(5)6)22-26(7)8)38-14-10-12-36-16-15-35-11-9-13-37-27/h23-28H,9-22H2,1-8H3. The zero-order chi connectivity index (χ0) is 28.5. The third-order valence-electron chi connectivity index (χ3n) is 6.12. The first-order chi connectivity index (χ1) is 18.0. The molecule has 0 aromatic rings. The Balaban J connectivity index is 3.15. The highest BCUT2D eigenvalue weighted by molar-refractivity contribution is 5.78. The smallest absolute Gasteiger partial charge is 0.225 e. The quantitative estimate of drug-likeness (QED) is 0.357. The van der Waals surface area contributed by atoms with Crippen molar-refractivity contribution >= 4 is 11.8 Å². The van der Waals surface area contributed by atoms with E-state index in [0.717, 1.165) is 0 Å². The van der Waals surface area contributed by atoms with Gasteiger partial charge in [0.05, 0.1) is 38.3 Å². The van der Waals surface area contributed by atoms with Gasteiger partial charge in [-0.05, 0) is 36.5 Å². The van der Waals surface area contributed by atoms with Gasteiger partial charge < -0.3 is 28.7 Å². The molecular formula is C30H58N2O6. The average molecular weight is 543 g/mol. The number of rotatable bonds is 12.